The Morgan fingerprint density at radius 3 is 2.63 bits per heavy atom. The molecule has 4 nitrogen and oxygen atoms in total. The van der Waals surface area contributed by atoms with Crippen LogP contribution >= 0.6 is 12.2 Å². The summed E-state index contributed by atoms with van der Waals surface area (Å²) in [6, 6.07) is 18.9. The Labute approximate surface area is 183 Å². The molecule has 1 heterocycles. The largest absolute Gasteiger partial charge is 0.356 e. The molecule has 0 bridgehead atoms. The number of nitrogens with zero attached hydrogens (tertiary/aromatic N) is 1. The average Bonchev–Trinajstić information content (AvgIpc) is 3.27. The van der Waals surface area contributed by atoms with Crippen LogP contribution in [0.15, 0.2) is 59.4 Å². The van der Waals surface area contributed by atoms with Crippen molar-refractivity contribution in [3.8, 4) is 0 Å². The molecule has 1 unspecified atom stereocenters. The lowest BCUT2D eigenvalue weighted by molar-refractivity contribution is 0.300. The fourth-order valence-corrected chi connectivity index (χ4v) is 4.74. The molecule has 2 aromatic carbocycles. The molecule has 1 atom stereocenters. The molecule has 2 N–H and O–H groups in total. The highest BCUT2D eigenvalue weighted by Gasteiger charge is 2.26. The molecule has 1 aliphatic carbocycles. The Kier molecular flexibility index (Phi) is 6.18. The minimum absolute atomic E-state index is 0.0340. The van der Waals surface area contributed by atoms with Crippen LogP contribution in [0.3, 0.4) is 0 Å². The molecular weight excluding hydrogens is 390 g/mol. The fourth-order valence-electron chi connectivity index (χ4n) is 4.35. The number of aryl methyl sites for hydroxylation is 1. The van der Waals surface area contributed by atoms with Crippen molar-refractivity contribution in [2.24, 2.45) is 0 Å². The quantitative estimate of drug-likeness (QED) is 0.557. The van der Waals surface area contributed by atoms with E-state index in [2.05, 4.69) is 47.2 Å². The number of hydrogen-bond acceptors (Lipinski definition) is 2. The maximum atomic E-state index is 12.8. The van der Waals surface area contributed by atoms with Gasteiger partial charge in [0.15, 0.2) is 5.11 Å². The van der Waals surface area contributed by atoms with Gasteiger partial charge in [0.25, 0.3) is 5.56 Å². The van der Waals surface area contributed by atoms with E-state index in [9.17, 15) is 4.79 Å². The van der Waals surface area contributed by atoms with Gasteiger partial charge in [-0.15, -0.1) is 0 Å². The third-order valence-corrected chi connectivity index (χ3v) is 6.44. The van der Waals surface area contributed by atoms with E-state index in [1.165, 1.54) is 24.0 Å². The highest BCUT2D eigenvalue weighted by molar-refractivity contribution is 7.80. The second kappa shape index (κ2) is 9.00. The second-order valence-corrected chi connectivity index (χ2v) is 8.75. The fraction of sp³-hybridized carbons (Fsp3) is 0.360. The van der Waals surface area contributed by atoms with E-state index < -0.39 is 0 Å². The summed E-state index contributed by atoms with van der Waals surface area (Å²) < 4.78 is 0. The van der Waals surface area contributed by atoms with Crippen molar-refractivity contribution in [2.75, 3.05) is 0 Å². The van der Waals surface area contributed by atoms with Gasteiger partial charge in [0.05, 0.1) is 12.6 Å². The summed E-state index contributed by atoms with van der Waals surface area (Å²) in [5.41, 5.74) is 3.98. The van der Waals surface area contributed by atoms with Gasteiger partial charge in [0.2, 0.25) is 0 Å². The van der Waals surface area contributed by atoms with Crippen molar-refractivity contribution < 1.29 is 0 Å². The van der Waals surface area contributed by atoms with Crippen molar-refractivity contribution >= 4 is 28.2 Å². The number of benzene rings is 2. The van der Waals surface area contributed by atoms with Crippen LogP contribution in [0.1, 0.15) is 55.3 Å². The molecule has 1 aromatic heterocycles. The molecule has 3 aromatic rings. The maximum absolute atomic E-state index is 12.8. The van der Waals surface area contributed by atoms with Crippen molar-refractivity contribution in [1.82, 2.24) is 15.2 Å². The minimum atomic E-state index is -0.0340. The van der Waals surface area contributed by atoms with Gasteiger partial charge in [0, 0.05) is 17.1 Å². The van der Waals surface area contributed by atoms with Gasteiger partial charge >= 0.3 is 0 Å². The van der Waals surface area contributed by atoms with Crippen LogP contribution in [-0.2, 0) is 6.54 Å². The number of thiocarbonyl (C=S) groups is 1. The molecule has 1 aliphatic rings. The second-order valence-electron chi connectivity index (χ2n) is 8.36. The van der Waals surface area contributed by atoms with Crippen LogP contribution in [0.2, 0.25) is 0 Å². The first-order valence-corrected chi connectivity index (χ1v) is 11.2. The summed E-state index contributed by atoms with van der Waals surface area (Å²) in [5, 5.41) is 5.29. The van der Waals surface area contributed by atoms with Crippen molar-refractivity contribution in [3.63, 3.8) is 0 Å². The van der Waals surface area contributed by atoms with Crippen molar-refractivity contribution in [3.05, 3.63) is 81.6 Å². The number of fused-ring (bicyclic) bond motifs is 1. The van der Waals surface area contributed by atoms with E-state index in [4.69, 9.17) is 12.2 Å². The molecule has 5 heteroatoms. The standard InChI is InChI=1S/C25H29N3OS/c1-17-12-13-23-20(14-17)15-21(24(29)27-23)16-28(22-10-6-7-11-22)25(30)26-18(2)19-8-4-3-5-9-19/h3-5,8-9,12-15,18,22H,6-7,10-11,16H2,1-2H3,(H,26,30)(H,27,29). The summed E-state index contributed by atoms with van der Waals surface area (Å²) in [7, 11) is 0. The van der Waals surface area contributed by atoms with E-state index in [1.54, 1.807) is 0 Å². The van der Waals surface area contributed by atoms with Gasteiger partial charge in [-0.1, -0.05) is 54.8 Å². The highest BCUT2D eigenvalue weighted by Crippen LogP contribution is 2.26. The van der Waals surface area contributed by atoms with E-state index >= 15 is 0 Å². The van der Waals surface area contributed by atoms with Gasteiger partial charge in [-0.3, -0.25) is 4.79 Å². The predicted octanol–water partition coefficient (Wildman–Crippen LogP) is 5.22. The number of hydrogen-bond donors (Lipinski definition) is 2. The first-order chi connectivity index (χ1) is 14.5. The smallest absolute Gasteiger partial charge is 0.253 e. The SMILES string of the molecule is Cc1ccc2[nH]c(=O)c(CN(C(=S)NC(C)c3ccccc3)C3CCCC3)cc2c1. The Bertz CT molecular complexity index is 1090. The highest BCUT2D eigenvalue weighted by atomic mass is 32.1. The molecule has 0 radical (unpaired) electrons. The number of aromatic nitrogens is 1. The summed E-state index contributed by atoms with van der Waals surface area (Å²) >= 11 is 5.85. The van der Waals surface area contributed by atoms with Crippen LogP contribution < -0.4 is 10.9 Å². The van der Waals surface area contributed by atoms with Gasteiger partial charge < -0.3 is 15.2 Å². The van der Waals surface area contributed by atoms with Crippen LogP contribution in [0.4, 0.5) is 0 Å². The Morgan fingerprint density at radius 2 is 1.90 bits per heavy atom. The molecule has 30 heavy (non-hydrogen) atoms. The van der Waals surface area contributed by atoms with E-state index in [0.717, 1.165) is 34.4 Å². The third-order valence-electron chi connectivity index (χ3n) is 6.08. The van der Waals surface area contributed by atoms with E-state index in [0.29, 0.717) is 12.6 Å². The zero-order valence-corrected chi connectivity index (χ0v) is 18.5. The predicted molar refractivity (Wildman–Crippen MR) is 128 cm³/mol. The van der Waals surface area contributed by atoms with Gasteiger partial charge in [-0.25, -0.2) is 0 Å². The lowest BCUT2D eigenvalue weighted by Gasteiger charge is -2.33. The molecule has 0 aliphatic heterocycles. The molecular formula is C25H29N3OS. The van der Waals surface area contributed by atoms with Gasteiger partial charge in [-0.2, -0.15) is 0 Å². The lowest BCUT2D eigenvalue weighted by Crippen LogP contribution is -2.46. The molecule has 0 amide bonds. The zero-order chi connectivity index (χ0) is 21.1. The number of rotatable bonds is 5. The molecule has 1 fully saturated rings. The molecule has 156 valence electrons. The maximum Gasteiger partial charge on any atom is 0.253 e. The van der Waals surface area contributed by atoms with Gasteiger partial charge in [-0.05, 0) is 68.1 Å². The van der Waals surface area contributed by atoms with Crippen molar-refractivity contribution in [2.45, 2.75) is 58.2 Å². The zero-order valence-electron chi connectivity index (χ0n) is 17.7. The Hall–Kier alpha value is -2.66. The summed E-state index contributed by atoms with van der Waals surface area (Å²) in [5.74, 6) is 0. The number of pyridine rings is 1. The number of aromatic amines is 1. The lowest BCUT2D eigenvalue weighted by atomic mass is 10.1. The first kappa shape index (κ1) is 20.6. The topological polar surface area (TPSA) is 48.1 Å². The molecule has 4 rings (SSSR count). The Balaban J connectivity index is 1.60. The molecule has 0 spiro atoms. The van der Waals surface area contributed by atoms with Crippen molar-refractivity contribution in [1.29, 1.82) is 0 Å². The first-order valence-electron chi connectivity index (χ1n) is 10.8. The van der Waals surface area contributed by atoms with E-state index in [1.807, 2.05) is 36.4 Å². The average molecular weight is 420 g/mol. The van der Waals surface area contributed by atoms with Crippen LogP contribution in [0.5, 0.6) is 0 Å². The molecule has 0 saturated heterocycles. The Morgan fingerprint density at radius 1 is 1.17 bits per heavy atom. The monoisotopic (exact) mass is 419 g/mol. The van der Waals surface area contributed by atoms with E-state index in [-0.39, 0.29) is 11.6 Å². The minimum Gasteiger partial charge on any atom is -0.356 e. The number of nitrogens with one attached hydrogen (secondary N) is 2. The van der Waals surface area contributed by atoms with Gasteiger partial charge in [0.1, 0.15) is 0 Å². The summed E-state index contributed by atoms with van der Waals surface area (Å²) in [6.45, 7) is 4.72. The summed E-state index contributed by atoms with van der Waals surface area (Å²) in [4.78, 5) is 18.1. The van der Waals surface area contributed by atoms with Crippen LogP contribution in [0, 0.1) is 6.92 Å². The number of H-pyrrole nitrogens is 1. The third kappa shape index (κ3) is 4.57. The normalized spacial score (nSPS) is 15.3. The molecule has 1 saturated carbocycles. The summed E-state index contributed by atoms with van der Waals surface area (Å²) in [6.07, 6.45) is 4.66. The van der Waals surface area contributed by atoms with Crippen LogP contribution in [-0.4, -0.2) is 21.0 Å². The van der Waals surface area contributed by atoms with Crippen LogP contribution in [0.25, 0.3) is 10.9 Å².